The maximum atomic E-state index is 13.3. The van der Waals surface area contributed by atoms with Gasteiger partial charge in [0, 0.05) is 6.04 Å². The molecular formula is C23H26N6O2. The molecule has 1 aliphatic heterocycles. The first-order chi connectivity index (χ1) is 15.0. The van der Waals surface area contributed by atoms with E-state index in [4.69, 9.17) is 0 Å². The fraction of sp³-hybridized carbons (Fsp3) is 0.304. The first-order valence-corrected chi connectivity index (χ1v) is 10.3. The van der Waals surface area contributed by atoms with Gasteiger partial charge in [-0.3, -0.25) is 9.69 Å². The highest BCUT2D eigenvalue weighted by atomic mass is 16.2. The van der Waals surface area contributed by atoms with Crippen molar-refractivity contribution in [1.82, 2.24) is 29.9 Å². The highest BCUT2D eigenvalue weighted by molar-refractivity contribution is 6.07. The minimum Gasteiger partial charge on any atom is -0.319 e. The van der Waals surface area contributed by atoms with E-state index in [0.717, 1.165) is 16.8 Å². The molecule has 2 atom stereocenters. The van der Waals surface area contributed by atoms with Crippen LogP contribution in [0.2, 0.25) is 0 Å². The van der Waals surface area contributed by atoms with Gasteiger partial charge in [0.15, 0.2) is 0 Å². The predicted molar refractivity (Wildman–Crippen MR) is 116 cm³/mol. The van der Waals surface area contributed by atoms with Gasteiger partial charge in [-0.1, -0.05) is 49.4 Å². The number of imide groups is 1. The molecule has 8 nitrogen and oxygen atoms in total. The highest BCUT2D eigenvalue weighted by Gasteiger charge is 2.51. The zero-order valence-electron chi connectivity index (χ0n) is 17.9. The molecule has 0 bridgehead atoms. The third-order valence-electron chi connectivity index (χ3n) is 6.06. The number of amides is 3. The smallest absolute Gasteiger partial charge is 0.319 e. The molecule has 0 aliphatic carbocycles. The summed E-state index contributed by atoms with van der Waals surface area (Å²) in [6.45, 7) is 4.16. The maximum absolute atomic E-state index is 13.3. The normalized spacial score (nSPS) is 19.7. The van der Waals surface area contributed by atoms with Crippen LogP contribution in [-0.2, 0) is 10.3 Å². The van der Waals surface area contributed by atoms with Crippen molar-refractivity contribution in [3.63, 3.8) is 0 Å². The number of carbonyl (C=O) groups excluding carboxylic acids is 2. The third kappa shape index (κ3) is 3.70. The Morgan fingerprint density at radius 3 is 2.42 bits per heavy atom. The minimum absolute atomic E-state index is 0.00116. The van der Waals surface area contributed by atoms with Gasteiger partial charge in [0.25, 0.3) is 5.91 Å². The lowest BCUT2D eigenvalue weighted by atomic mass is 9.87. The Hall–Kier alpha value is -3.52. The van der Waals surface area contributed by atoms with Crippen molar-refractivity contribution in [2.45, 2.75) is 31.8 Å². The number of urea groups is 1. The van der Waals surface area contributed by atoms with Crippen LogP contribution in [0.4, 0.5) is 4.79 Å². The van der Waals surface area contributed by atoms with Gasteiger partial charge in [0.1, 0.15) is 18.2 Å². The van der Waals surface area contributed by atoms with Crippen molar-refractivity contribution in [2.75, 3.05) is 13.7 Å². The van der Waals surface area contributed by atoms with Gasteiger partial charge in [0.05, 0.1) is 12.4 Å². The zero-order valence-corrected chi connectivity index (χ0v) is 17.9. The fourth-order valence-corrected chi connectivity index (χ4v) is 3.96. The van der Waals surface area contributed by atoms with Crippen molar-refractivity contribution in [3.8, 4) is 5.69 Å². The van der Waals surface area contributed by atoms with Crippen LogP contribution in [0.3, 0.4) is 0 Å². The van der Waals surface area contributed by atoms with Crippen LogP contribution >= 0.6 is 0 Å². The summed E-state index contributed by atoms with van der Waals surface area (Å²) in [4.78, 5) is 33.3. The molecule has 0 saturated carbocycles. The van der Waals surface area contributed by atoms with Crippen LogP contribution in [0.5, 0.6) is 0 Å². The molecule has 8 heteroatoms. The van der Waals surface area contributed by atoms with E-state index in [0.29, 0.717) is 6.42 Å². The van der Waals surface area contributed by atoms with Crippen molar-refractivity contribution < 1.29 is 9.59 Å². The molecule has 1 N–H and O–H groups in total. The molecule has 1 fully saturated rings. The van der Waals surface area contributed by atoms with E-state index in [1.165, 1.54) is 11.2 Å². The average Bonchev–Trinajstić information content (AvgIpc) is 3.42. The molecule has 160 valence electrons. The number of benzene rings is 2. The number of nitrogens with zero attached hydrogens (tertiary/aromatic N) is 5. The molecule has 4 rings (SSSR count). The summed E-state index contributed by atoms with van der Waals surface area (Å²) < 4.78 is 1.69. The molecule has 1 aliphatic rings. The van der Waals surface area contributed by atoms with E-state index >= 15 is 0 Å². The topological polar surface area (TPSA) is 83.4 Å². The largest absolute Gasteiger partial charge is 0.326 e. The summed E-state index contributed by atoms with van der Waals surface area (Å²) >= 11 is 0. The lowest BCUT2D eigenvalue weighted by Gasteiger charge is -2.30. The fourth-order valence-electron chi connectivity index (χ4n) is 3.96. The van der Waals surface area contributed by atoms with E-state index < -0.39 is 5.54 Å². The van der Waals surface area contributed by atoms with Crippen molar-refractivity contribution in [1.29, 1.82) is 0 Å². The van der Waals surface area contributed by atoms with Crippen LogP contribution in [0.25, 0.3) is 5.69 Å². The Labute approximate surface area is 181 Å². The van der Waals surface area contributed by atoms with Gasteiger partial charge >= 0.3 is 6.03 Å². The molecule has 2 aromatic carbocycles. The Balaban J connectivity index is 1.49. The summed E-state index contributed by atoms with van der Waals surface area (Å²) in [7, 11) is 1.91. The van der Waals surface area contributed by atoms with Crippen molar-refractivity contribution in [3.05, 3.63) is 78.4 Å². The van der Waals surface area contributed by atoms with Gasteiger partial charge in [-0.05, 0) is 43.7 Å². The number of hydrogen-bond acceptors (Lipinski definition) is 5. The molecule has 2 heterocycles. The van der Waals surface area contributed by atoms with Crippen molar-refractivity contribution >= 4 is 11.9 Å². The molecule has 0 unspecified atom stereocenters. The molecule has 3 amide bonds. The Bertz CT molecular complexity index is 1050. The Morgan fingerprint density at radius 2 is 1.81 bits per heavy atom. The second kappa shape index (κ2) is 8.31. The van der Waals surface area contributed by atoms with Crippen LogP contribution in [0, 0.1) is 0 Å². The van der Waals surface area contributed by atoms with Crippen molar-refractivity contribution in [2.24, 2.45) is 0 Å². The number of rotatable bonds is 7. The van der Waals surface area contributed by atoms with Crippen LogP contribution in [-0.4, -0.2) is 50.2 Å². The minimum atomic E-state index is -1.01. The molecular weight excluding hydrogens is 392 g/mol. The van der Waals surface area contributed by atoms with Gasteiger partial charge in [0.2, 0.25) is 0 Å². The molecule has 0 radical (unpaired) electrons. The van der Waals surface area contributed by atoms with E-state index in [-0.39, 0.29) is 24.6 Å². The molecule has 3 aromatic rings. The van der Waals surface area contributed by atoms with Crippen LogP contribution < -0.4 is 5.32 Å². The van der Waals surface area contributed by atoms with E-state index in [1.54, 1.807) is 11.0 Å². The number of hydrogen-bond donors (Lipinski definition) is 1. The first-order valence-electron chi connectivity index (χ1n) is 10.3. The number of carbonyl (C=O) groups is 2. The lowest BCUT2D eigenvalue weighted by Crippen LogP contribution is -2.45. The van der Waals surface area contributed by atoms with E-state index in [1.807, 2.05) is 80.4 Å². The predicted octanol–water partition coefficient (Wildman–Crippen LogP) is 3.07. The highest BCUT2D eigenvalue weighted by Crippen LogP contribution is 2.33. The summed E-state index contributed by atoms with van der Waals surface area (Å²) in [6, 6.07) is 17.0. The SMILES string of the molecule is CC[C@@]1(c2ccccc2)NC(=O)N(CN(C)[C@@H](C)c2ccc(-n3cncn3)cc2)C1=O. The lowest BCUT2D eigenvalue weighted by molar-refractivity contribution is -0.133. The second-order valence-electron chi connectivity index (χ2n) is 7.79. The average molecular weight is 419 g/mol. The Kier molecular flexibility index (Phi) is 5.56. The Morgan fingerprint density at radius 1 is 1.10 bits per heavy atom. The quantitative estimate of drug-likeness (QED) is 0.596. The standard InChI is InChI=1S/C23H26N6O2/c1-4-23(19-8-6-5-7-9-19)21(30)28(22(31)26-23)16-27(3)17(2)18-10-12-20(13-11-18)29-15-24-14-25-29/h5-15,17H,4,16H2,1-3H3,(H,26,31)/t17-,23-/m0/s1. The molecule has 31 heavy (non-hydrogen) atoms. The van der Waals surface area contributed by atoms with Crippen LogP contribution in [0.15, 0.2) is 67.3 Å². The monoisotopic (exact) mass is 418 g/mol. The third-order valence-corrected chi connectivity index (χ3v) is 6.06. The van der Waals surface area contributed by atoms with Gasteiger partial charge < -0.3 is 5.32 Å². The molecule has 1 aromatic heterocycles. The van der Waals surface area contributed by atoms with Crippen LogP contribution in [0.1, 0.15) is 37.4 Å². The number of aromatic nitrogens is 3. The van der Waals surface area contributed by atoms with E-state index in [2.05, 4.69) is 15.4 Å². The molecule has 1 saturated heterocycles. The zero-order chi connectivity index (χ0) is 22.0. The summed E-state index contributed by atoms with van der Waals surface area (Å²) in [5.74, 6) is -0.216. The summed E-state index contributed by atoms with van der Waals surface area (Å²) in [6.07, 6.45) is 3.63. The summed E-state index contributed by atoms with van der Waals surface area (Å²) in [5, 5.41) is 7.07. The summed E-state index contributed by atoms with van der Waals surface area (Å²) in [5.41, 5.74) is 1.78. The number of nitrogens with one attached hydrogen (secondary N) is 1. The van der Waals surface area contributed by atoms with Gasteiger partial charge in [-0.2, -0.15) is 5.10 Å². The van der Waals surface area contributed by atoms with Gasteiger partial charge in [-0.15, -0.1) is 0 Å². The molecule has 0 spiro atoms. The second-order valence-corrected chi connectivity index (χ2v) is 7.79. The van der Waals surface area contributed by atoms with Gasteiger partial charge in [-0.25, -0.2) is 19.4 Å². The maximum Gasteiger partial charge on any atom is 0.326 e. The van der Waals surface area contributed by atoms with E-state index in [9.17, 15) is 9.59 Å². The first kappa shape index (κ1) is 20.7.